The Kier molecular flexibility index (Phi) is 3.74. The van der Waals surface area contributed by atoms with Crippen molar-refractivity contribution in [3.63, 3.8) is 0 Å². The van der Waals surface area contributed by atoms with Gasteiger partial charge in [-0.2, -0.15) is 9.57 Å². The maximum atomic E-state index is 12.8. The topological polar surface area (TPSA) is 81.4 Å². The number of piperidine rings is 1. The van der Waals surface area contributed by atoms with Gasteiger partial charge in [0.2, 0.25) is 10.0 Å². The summed E-state index contributed by atoms with van der Waals surface area (Å²) in [7, 11) is -3.55. The average molecular weight is 306 g/mol. The lowest BCUT2D eigenvalue weighted by molar-refractivity contribution is 0.0736. The zero-order chi connectivity index (χ0) is 15.0. The van der Waals surface area contributed by atoms with E-state index in [2.05, 4.69) is 0 Å². The zero-order valence-electron chi connectivity index (χ0n) is 11.6. The molecule has 2 atom stereocenters. The smallest absolute Gasteiger partial charge is 0.243 e. The molecule has 1 aromatic rings. The second kappa shape index (κ2) is 5.41. The molecule has 0 radical (unpaired) electrons. The Morgan fingerprint density at radius 2 is 1.86 bits per heavy atom. The number of sulfonamides is 1. The molecule has 2 aliphatic rings. The van der Waals surface area contributed by atoms with E-state index in [0.717, 1.165) is 12.8 Å². The van der Waals surface area contributed by atoms with E-state index in [4.69, 9.17) is 5.26 Å². The summed E-state index contributed by atoms with van der Waals surface area (Å²) in [6.07, 6.45) is 2.69. The molecule has 0 spiro atoms. The summed E-state index contributed by atoms with van der Waals surface area (Å²) in [4.78, 5) is 0.225. The highest BCUT2D eigenvalue weighted by Gasteiger charge is 2.44. The standard InChI is InChI=1S/C15H18N2O3S/c16-10-11-1-5-14(6-2-11)21(19,20)17-8-7-13(18)9-15(17)12-3-4-12/h1-2,5-6,12-13,15,18H,3-4,7-9H2/t13-,15-/m1/s1. The van der Waals surface area contributed by atoms with Gasteiger partial charge < -0.3 is 5.11 Å². The van der Waals surface area contributed by atoms with Crippen molar-refractivity contribution in [3.05, 3.63) is 29.8 Å². The number of hydrogen-bond acceptors (Lipinski definition) is 4. The second-order valence-corrected chi connectivity index (χ2v) is 7.73. The third kappa shape index (κ3) is 2.82. The van der Waals surface area contributed by atoms with Crippen LogP contribution in [0.1, 0.15) is 31.2 Å². The van der Waals surface area contributed by atoms with E-state index in [9.17, 15) is 13.5 Å². The van der Waals surface area contributed by atoms with Gasteiger partial charge in [0.05, 0.1) is 22.6 Å². The Hall–Kier alpha value is -1.42. The van der Waals surface area contributed by atoms with Gasteiger partial charge in [0, 0.05) is 12.6 Å². The fourth-order valence-corrected chi connectivity index (χ4v) is 4.71. The summed E-state index contributed by atoms with van der Waals surface area (Å²) in [5.74, 6) is 0.383. The van der Waals surface area contributed by atoms with Gasteiger partial charge in [0.1, 0.15) is 0 Å². The van der Waals surface area contributed by atoms with Crippen molar-refractivity contribution in [2.75, 3.05) is 6.54 Å². The first-order chi connectivity index (χ1) is 10.0. The number of rotatable bonds is 3. The highest BCUT2D eigenvalue weighted by Crippen LogP contribution is 2.41. The third-order valence-electron chi connectivity index (χ3n) is 4.32. The lowest BCUT2D eigenvalue weighted by Crippen LogP contribution is -2.48. The Bertz CT molecular complexity index is 659. The van der Waals surface area contributed by atoms with Gasteiger partial charge in [-0.25, -0.2) is 8.42 Å². The minimum atomic E-state index is -3.55. The van der Waals surface area contributed by atoms with Gasteiger partial charge in [-0.3, -0.25) is 0 Å². The van der Waals surface area contributed by atoms with Crippen LogP contribution in [0.25, 0.3) is 0 Å². The molecule has 1 aliphatic heterocycles. The molecule has 0 bridgehead atoms. The molecular weight excluding hydrogens is 288 g/mol. The van der Waals surface area contributed by atoms with Crippen molar-refractivity contribution in [1.29, 1.82) is 5.26 Å². The number of aliphatic hydroxyl groups excluding tert-OH is 1. The number of nitrogens with zero attached hydrogens (tertiary/aromatic N) is 2. The minimum absolute atomic E-state index is 0.0885. The van der Waals surface area contributed by atoms with Crippen LogP contribution in [0, 0.1) is 17.2 Å². The van der Waals surface area contributed by atoms with E-state index in [0.29, 0.717) is 30.9 Å². The first kappa shape index (κ1) is 14.5. The molecule has 21 heavy (non-hydrogen) atoms. The highest BCUT2D eigenvalue weighted by atomic mass is 32.2. The van der Waals surface area contributed by atoms with Crippen molar-refractivity contribution in [1.82, 2.24) is 4.31 Å². The first-order valence-electron chi connectivity index (χ1n) is 7.22. The largest absolute Gasteiger partial charge is 0.393 e. The molecule has 112 valence electrons. The minimum Gasteiger partial charge on any atom is -0.393 e. The molecule has 1 aromatic carbocycles. The summed E-state index contributed by atoms with van der Waals surface area (Å²) < 4.78 is 27.1. The third-order valence-corrected chi connectivity index (χ3v) is 6.26. The molecule has 5 nitrogen and oxygen atoms in total. The molecule has 1 saturated heterocycles. The molecule has 1 heterocycles. The van der Waals surface area contributed by atoms with Crippen molar-refractivity contribution in [2.24, 2.45) is 5.92 Å². The normalized spacial score (nSPS) is 27.2. The van der Waals surface area contributed by atoms with E-state index in [1.54, 1.807) is 4.31 Å². The van der Waals surface area contributed by atoms with E-state index in [1.165, 1.54) is 24.3 Å². The molecule has 2 fully saturated rings. The maximum absolute atomic E-state index is 12.8. The van der Waals surface area contributed by atoms with Gasteiger partial charge in [-0.1, -0.05) is 0 Å². The van der Waals surface area contributed by atoms with Crippen molar-refractivity contribution < 1.29 is 13.5 Å². The first-order valence-corrected chi connectivity index (χ1v) is 8.66. The van der Waals surface area contributed by atoms with Crippen LogP contribution in [0.2, 0.25) is 0 Å². The SMILES string of the molecule is N#Cc1ccc(S(=O)(=O)N2CC[C@@H](O)C[C@@H]2C2CC2)cc1. The van der Waals surface area contributed by atoms with Gasteiger partial charge in [0.25, 0.3) is 0 Å². The molecule has 1 saturated carbocycles. The summed E-state index contributed by atoms with van der Waals surface area (Å²) in [6, 6.07) is 7.93. The molecule has 0 unspecified atom stereocenters. The van der Waals surface area contributed by atoms with Gasteiger partial charge in [-0.15, -0.1) is 0 Å². The van der Waals surface area contributed by atoms with Crippen molar-refractivity contribution >= 4 is 10.0 Å². The Morgan fingerprint density at radius 3 is 2.43 bits per heavy atom. The van der Waals surface area contributed by atoms with E-state index in [1.807, 2.05) is 6.07 Å². The summed E-state index contributed by atoms with van der Waals surface area (Å²) in [6.45, 7) is 0.366. The predicted molar refractivity (Wildman–Crippen MR) is 76.8 cm³/mol. The van der Waals surface area contributed by atoms with Gasteiger partial charge in [0.15, 0.2) is 0 Å². The zero-order valence-corrected chi connectivity index (χ0v) is 12.5. The van der Waals surface area contributed by atoms with Crippen LogP contribution in [-0.4, -0.2) is 36.5 Å². The Morgan fingerprint density at radius 1 is 1.19 bits per heavy atom. The summed E-state index contributed by atoms with van der Waals surface area (Å²) >= 11 is 0. The van der Waals surface area contributed by atoms with Crippen LogP contribution >= 0.6 is 0 Å². The molecule has 3 rings (SSSR count). The number of aliphatic hydroxyl groups is 1. The summed E-state index contributed by atoms with van der Waals surface area (Å²) in [5, 5.41) is 18.6. The number of nitriles is 1. The van der Waals surface area contributed by atoms with Crippen LogP contribution in [0.5, 0.6) is 0 Å². The van der Waals surface area contributed by atoms with E-state index < -0.39 is 16.1 Å². The fourth-order valence-electron chi connectivity index (χ4n) is 3.00. The van der Waals surface area contributed by atoms with E-state index >= 15 is 0 Å². The maximum Gasteiger partial charge on any atom is 0.243 e. The number of benzene rings is 1. The monoisotopic (exact) mass is 306 g/mol. The van der Waals surface area contributed by atoms with Crippen LogP contribution in [0.15, 0.2) is 29.2 Å². The molecule has 6 heteroatoms. The van der Waals surface area contributed by atoms with E-state index in [-0.39, 0.29) is 10.9 Å². The average Bonchev–Trinajstić information content (AvgIpc) is 3.31. The number of hydrogen-bond donors (Lipinski definition) is 1. The van der Waals surface area contributed by atoms with Crippen LogP contribution in [0.4, 0.5) is 0 Å². The van der Waals surface area contributed by atoms with Gasteiger partial charge >= 0.3 is 0 Å². The summed E-state index contributed by atoms with van der Waals surface area (Å²) in [5.41, 5.74) is 0.446. The Balaban J connectivity index is 1.90. The Labute approximate surface area is 124 Å². The lowest BCUT2D eigenvalue weighted by Gasteiger charge is -2.37. The van der Waals surface area contributed by atoms with Crippen LogP contribution in [0.3, 0.4) is 0 Å². The molecule has 0 amide bonds. The highest BCUT2D eigenvalue weighted by molar-refractivity contribution is 7.89. The molecule has 1 N–H and O–H groups in total. The lowest BCUT2D eigenvalue weighted by atomic mass is 9.98. The van der Waals surface area contributed by atoms with Crippen molar-refractivity contribution in [2.45, 2.75) is 42.7 Å². The quantitative estimate of drug-likeness (QED) is 0.917. The van der Waals surface area contributed by atoms with Crippen molar-refractivity contribution in [3.8, 4) is 6.07 Å². The second-order valence-electron chi connectivity index (χ2n) is 5.83. The predicted octanol–water partition coefficient (Wildman–Crippen LogP) is 1.48. The molecule has 1 aliphatic carbocycles. The van der Waals surface area contributed by atoms with Gasteiger partial charge in [-0.05, 0) is 55.9 Å². The molecular formula is C15H18N2O3S. The van der Waals surface area contributed by atoms with Crippen LogP contribution in [-0.2, 0) is 10.0 Å². The molecule has 0 aromatic heterocycles. The van der Waals surface area contributed by atoms with Crippen LogP contribution < -0.4 is 0 Å². The fraction of sp³-hybridized carbons (Fsp3) is 0.533.